The van der Waals surface area contributed by atoms with Crippen molar-refractivity contribution in [3.05, 3.63) is 83.7 Å². The predicted octanol–water partition coefficient (Wildman–Crippen LogP) is 5.12. The molecule has 1 heterocycles. The van der Waals surface area contributed by atoms with Gasteiger partial charge in [-0.05, 0) is 47.7 Å². The summed E-state index contributed by atoms with van der Waals surface area (Å²) < 4.78 is 5.38. The average molecular weight is 389 g/mol. The third kappa shape index (κ3) is 5.57. The van der Waals surface area contributed by atoms with Crippen LogP contribution in [0.2, 0.25) is 0 Å². The third-order valence-electron chi connectivity index (χ3n) is 4.75. The highest BCUT2D eigenvalue weighted by Gasteiger charge is 2.09. The van der Waals surface area contributed by atoms with Crippen LogP contribution in [0.1, 0.15) is 41.3 Å². The Kier molecular flexibility index (Phi) is 6.85. The number of carbonyl (C=O) groups excluding carboxylic acids is 1. The number of ether oxygens (including phenoxy) is 1. The Morgan fingerprint density at radius 1 is 1.03 bits per heavy atom. The first kappa shape index (κ1) is 20.4. The average Bonchev–Trinajstić information content (AvgIpc) is 2.74. The molecule has 0 bridgehead atoms. The molecule has 0 unspecified atom stereocenters. The molecule has 3 rings (SSSR count). The quantitative estimate of drug-likeness (QED) is 0.561. The van der Waals surface area contributed by atoms with Gasteiger partial charge in [-0.25, -0.2) is 0 Å². The zero-order valence-corrected chi connectivity index (χ0v) is 17.1. The third-order valence-corrected chi connectivity index (χ3v) is 4.75. The Labute approximate surface area is 172 Å². The lowest BCUT2D eigenvalue weighted by atomic mass is 10.0. The monoisotopic (exact) mass is 389 g/mol. The molecule has 0 saturated carbocycles. The Bertz CT molecular complexity index is 952. The van der Waals surface area contributed by atoms with Crippen LogP contribution in [0.4, 0.5) is 11.4 Å². The number of anilines is 2. The number of benzene rings is 2. The number of rotatable bonds is 8. The molecule has 0 saturated heterocycles. The number of hydrogen-bond acceptors (Lipinski definition) is 4. The summed E-state index contributed by atoms with van der Waals surface area (Å²) in [5.74, 6) is 1.16. The summed E-state index contributed by atoms with van der Waals surface area (Å²) in [7, 11) is 1.68. The van der Waals surface area contributed by atoms with Crippen molar-refractivity contribution < 1.29 is 9.53 Å². The molecule has 29 heavy (non-hydrogen) atoms. The number of nitrogens with one attached hydrogen (secondary N) is 2. The van der Waals surface area contributed by atoms with Crippen molar-refractivity contribution in [1.82, 2.24) is 4.98 Å². The summed E-state index contributed by atoms with van der Waals surface area (Å²) in [6.07, 6.45) is 4.10. The molecule has 2 aromatic carbocycles. The number of amides is 1. The Morgan fingerprint density at radius 2 is 1.79 bits per heavy atom. The molecule has 5 nitrogen and oxygen atoms in total. The maximum Gasteiger partial charge on any atom is 0.257 e. The lowest BCUT2D eigenvalue weighted by molar-refractivity contribution is 0.102. The maximum atomic E-state index is 12.6. The van der Waals surface area contributed by atoms with Crippen molar-refractivity contribution in [1.29, 1.82) is 0 Å². The van der Waals surface area contributed by atoms with E-state index < -0.39 is 0 Å². The van der Waals surface area contributed by atoms with E-state index in [4.69, 9.17) is 4.74 Å². The van der Waals surface area contributed by atoms with E-state index in [2.05, 4.69) is 29.5 Å². The second kappa shape index (κ2) is 9.73. The molecule has 0 radical (unpaired) electrons. The van der Waals surface area contributed by atoms with Gasteiger partial charge < -0.3 is 15.4 Å². The van der Waals surface area contributed by atoms with E-state index in [0.29, 0.717) is 18.0 Å². The number of methoxy groups -OCH3 is 1. The molecule has 0 aliphatic rings. The molecule has 3 aromatic rings. The number of pyridine rings is 1. The minimum atomic E-state index is -0.178. The topological polar surface area (TPSA) is 63.2 Å². The van der Waals surface area contributed by atoms with Crippen LogP contribution < -0.4 is 15.4 Å². The van der Waals surface area contributed by atoms with Gasteiger partial charge in [-0.2, -0.15) is 0 Å². The number of para-hydroxylation sites is 1. The van der Waals surface area contributed by atoms with E-state index >= 15 is 0 Å². The number of carbonyl (C=O) groups is 1. The van der Waals surface area contributed by atoms with Crippen molar-refractivity contribution in [3.8, 4) is 5.75 Å². The second-order valence-electron chi connectivity index (χ2n) is 7.18. The van der Waals surface area contributed by atoms with Crippen molar-refractivity contribution >= 4 is 17.3 Å². The zero-order chi connectivity index (χ0) is 20.6. The van der Waals surface area contributed by atoms with Crippen LogP contribution in [0.3, 0.4) is 0 Å². The van der Waals surface area contributed by atoms with Crippen LogP contribution >= 0.6 is 0 Å². The summed E-state index contributed by atoms with van der Waals surface area (Å²) in [5, 5.41) is 6.25. The fourth-order valence-corrected chi connectivity index (χ4v) is 3.07. The Hall–Kier alpha value is -3.34. The van der Waals surface area contributed by atoms with Crippen LogP contribution in [0, 0.1) is 0 Å². The van der Waals surface area contributed by atoms with Crippen molar-refractivity contribution in [2.75, 3.05) is 24.3 Å². The molecule has 0 aliphatic heterocycles. The summed E-state index contributed by atoms with van der Waals surface area (Å²) in [6.45, 7) is 5.00. The largest absolute Gasteiger partial charge is 0.496 e. The van der Waals surface area contributed by atoms with E-state index in [9.17, 15) is 4.79 Å². The minimum absolute atomic E-state index is 0.178. The van der Waals surface area contributed by atoms with Crippen molar-refractivity contribution in [2.45, 2.75) is 26.2 Å². The molecule has 0 fully saturated rings. The zero-order valence-electron chi connectivity index (χ0n) is 17.1. The summed E-state index contributed by atoms with van der Waals surface area (Å²) >= 11 is 0. The molecule has 150 valence electrons. The predicted molar refractivity (Wildman–Crippen MR) is 118 cm³/mol. The van der Waals surface area contributed by atoms with Gasteiger partial charge in [0.1, 0.15) is 5.75 Å². The summed E-state index contributed by atoms with van der Waals surface area (Å²) in [6, 6.07) is 17.7. The fourth-order valence-electron chi connectivity index (χ4n) is 3.07. The molecular weight excluding hydrogens is 362 g/mol. The van der Waals surface area contributed by atoms with Gasteiger partial charge in [-0.1, -0.05) is 44.2 Å². The lowest BCUT2D eigenvalue weighted by Gasteiger charge is -2.11. The van der Waals surface area contributed by atoms with E-state index in [1.807, 2.05) is 54.6 Å². The van der Waals surface area contributed by atoms with Crippen LogP contribution in [-0.2, 0) is 6.42 Å². The smallest absolute Gasteiger partial charge is 0.257 e. The van der Waals surface area contributed by atoms with Gasteiger partial charge in [0.15, 0.2) is 0 Å². The first-order valence-electron chi connectivity index (χ1n) is 9.79. The standard InChI is InChI=1S/C24H27N3O2/c1-17(2)18-8-10-21(11-9-18)27-24(28)20-14-22(16-25-15-20)26-13-12-19-6-4-5-7-23(19)29-3/h4-11,14-17,26H,12-13H2,1-3H3,(H,27,28). The molecule has 1 amide bonds. The molecule has 0 spiro atoms. The van der Waals surface area contributed by atoms with Crippen LogP contribution in [0.15, 0.2) is 67.0 Å². The van der Waals surface area contributed by atoms with Gasteiger partial charge in [0.05, 0.1) is 18.4 Å². The van der Waals surface area contributed by atoms with E-state index in [-0.39, 0.29) is 5.91 Å². The number of nitrogens with zero attached hydrogens (tertiary/aromatic N) is 1. The number of aromatic nitrogens is 1. The van der Waals surface area contributed by atoms with Gasteiger partial charge in [0.25, 0.3) is 5.91 Å². The van der Waals surface area contributed by atoms with Crippen LogP contribution in [-0.4, -0.2) is 24.5 Å². The Morgan fingerprint density at radius 3 is 2.52 bits per heavy atom. The molecule has 0 atom stereocenters. The Balaban J connectivity index is 1.59. The summed E-state index contributed by atoms with van der Waals surface area (Å²) in [5.41, 5.74) is 4.47. The van der Waals surface area contributed by atoms with Gasteiger partial charge in [0.2, 0.25) is 0 Å². The fraction of sp³-hybridized carbons (Fsp3) is 0.250. The van der Waals surface area contributed by atoms with Gasteiger partial charge in [-0.15, -0.1) is 0 Å². The van der Waals surface area contributed by atoms with E-state index in [1.54, 1.807) is 19.5 Å². The van der Waals surface area contributed by atoms with Gasteiger partial charge >= 0.3 is 0 Å². The normalized spacial score (nSPS) is 10.6. The highest BCUT2D eigenvalue weighted by Crippen LogP contribution is 2.19. The highest BCUT2D eigenvalue weighted by atomic mass is 16.5. The molecule has 5 heteroatoms. The molecule has 2 N–H and O–H groups in total. The SMILES string of the molecule is COc1ccccc1CCNc1cncc(C(=O)Nc2ccc(C(C)C)cc2)c1. The first-order valence-corrected chi connectivity index (χ1v) is 9.79. The van der Waals surface area contributed by atoms with E-state index in [1.165, 1.54) is 5.56 Å². The molecule has 0 aliphatic carbocycles. The van der Waals surface area contributed by atoms with Crippen LogP contribution in [0.5, 0.6) is 5.75 Å². The van der Waals surface area contributed by atoms with Crippen LogP contribution in [0.25, 0.3) is 0 Å². The minimum Gasteiger partial charge on any atom is -0.496 e. The first-order chi connectivity index (χ1) is 14.1. The molecule has 1 aromatic heterocycles. The molecular formula is C24H27N3O2. The van der Waals surface area contributed by atoms with Gasteiger partial charge in [0, 0.05) is 24.6 Å². The second-order valence-corrected chi connectivity index (χ2v) is 7.18. The lowest BCUT2D eigenvalue weighted by Crippen LogP contribution is -2.13. The maximum absolute atomic E-state index is 12.6. The highest BCUT2D eigenvalue weighted by molar-refractivity contribution is 6.04. The van der Waals surface area contributed by atoms with Crippen molar-refractivity contribution in [3.63, 3.8) is 0 Å². The van der Waals surface area contributed by atoms with E-state index in [0.717, 1.165) is 29.1 Å². The summed E-state index contributed by atoms with van der Waals surface area (Å²) in [4.78, 5) is 16.8. The van der Waals surface area contributed by atoms with Gasteiger partial charge in [-0.3, -0.25) is 9.78 Å². The van der Waals surface area contributed by atoms with Crippen molar-refractivity contribution in [2.24, 2.45) is 0 Å². The number of hydrogen-bond donors (Lipinski definition) is 2.